The average Bonchev–Trinajstić information content (AvgIpc) is 3.07. The maximum absolute atomic E-state index is 12.6. The first-order valence-corrected chi connectivity index (χ1v) is 8.84. The predicted molar refractivity (Wildman–Crippen MR) is 103 cm³/mol. The molecule has 0 spiro atoms. The van der Waals surface area contributed by atoms with Gasteiger partial charge in [0.1, 0.15) is 0 Å². The number of rotatable bonds is 4. The molecule has 136 valence electrons. The van der Waals surface area contributed by atoms with Crippen molar-refractivity contribution in [1.82, 2.24) is 10.6 Å². The van der Waals surface area contributed by atoms with E-state index in [1.54, 1.807) is 18.2 Å². The fourth-order valence-corrected chi connectivity index (χ4v) is 2.84. The van der Waals surface area contributed by atoms with Gasteiger partial charge in [-0.25, -0.2) is 0 Å². The van der Waals surface area contributed by atoms with E-state index in [-0.39, 0.29) is 11.8 Å². The fraction of sp³-hybridized carbons (Fsp3) is 0.333. The molecule has 0 aliphatic carbocycles. The Labute approximate surface area is 154 Å². The highest BCUT2D eigenvalue weighted by Crippen LogP contribution is 2.21. The van der Waals surface area contributed by atoms with Crippen molar-refractivity contribution in [2.45, 2.75) is 40.4 Å². The van der Waals surface area contributed by atoms with Crippen molar-refractivity contribution in [3.8, 4) is 0 Å². The van der Waals surface area contributed by atoms with Gasteiger partial charge in [0.25, 0.3) is 5.91 Å². The van der Waals surface area contributed by atoms with E-state index in [9.17, 15) is 9.59 Å². The second-order valence-corrected chi connectivity index (χ2v) is 7.64. The van der Waals surface area contributed by atoms with Gasteiger partial charge < -0.3 is 16.0 Å². The van der Waals surface area contributed by atoms with Gasteiger partial charge in [0, 0.05) is 25.0 Å². The van der Waals surface area contributed by atoms with E-state index < -0.39 is 5.41 Å². The summed E-state index contributed by atoms with van der Waals surface area (Å²) >= 11 is 0. The van der Waals surface area contributed by atoms with Crippen LogP contribution in [0, 0.1) is 5.41 Å². The largest absolute Gasteiger partial charge is 0.348 e. The van der Waals surface area contributed by atoms with E-state index in [1.807, 2.05) is 32.9 Å². The second kappa shape index (κ2) is 7.30. The quantitative estimate of drug-likeness (QED) is 0.792. The van der Waals surface area contributed by atoms with Crippen molar-refractivity contribution in [1.29, 1.82) is 0 Å². The van der Waals surface area contributed by atoms with Crippen LogP contribution in [-0.2, 0) is 24.4 Å². The summed E-state index contributed by atoms with van der Waals surface area (Å²) in [5.41, 5.74) is 4.14. The van der Waals surface area contributed by atoms with Crippen LogP contribution in [0.25, 0.3) is 0 Å². The van der Waals surface area contributed by atoms with Gasteiger partial charge in [0.05, 0.1) is 11.3 Å². The van der Waals surface area contributed by atoms with Gasteiger partial charge in [0.15, 0.2) is 0 Å². The number of hydrogen-bond donors (Lipinski definition) is 3. The van der Waals surface area contributed by atoms with E-state index in [2.05, 4.69) is 28.1 Å². The van der Waals surface area contributed by atoms with E-state index >= 15 is 0 Å². The topological polar surface area (TPSA) is 70.2 Å². The Hall–Kier alpha value is -2.66. The van der Waals surface area contributed by atoms with Crippen LogP contribution in [0.3, 0.4) is 0 Å². The third-order valence-corrected chi connectivity index (χ3v) is 4.46. The zero-order valence-corrected chi connectivity index (χ0v) is 15.5. The monoisotopic (exact) mass is 351 g/mol. The minimum atomic E-state index is -0.526. The molecule has 0 radical (unpaired) electrons. The summed E-state index contributed by atoms with van der Waals surface area (Å²) < 4.78 is 0. The number of hydrogen-bond acceptors (Lipinski definition) is 3. The third-order valence-electron chi connectivity index (χ3n) is 4.46. The molecule has 3 rings (SSSR count). The lowest BCUT2D eigenvalue weighted by molar-refractivity contribution is -0.123. The number of benzene rings is 2. The third kappa shape index (κ3) is 4.11. The number of fused-ring (bicyclic) bond motifs is 1. The maximum Gasteiger partial charge on any atom is 0.253 e. The number of carbonyl (C=O) groups excluding carboxylic acids is 2. The zero-order chi connectivity index (χ0) is 18.7. The minimum absolute atomic E-state index is 0.121. The van der Waals surface area contributed by atoms with E-state index in [0.717, 1.165) is 18.7 Å². The lowest BCUT2D eigenvalue weighted by Gasteiger charge is -2.19. The smallest absolute Gasteiger partial charge is 0.253 e. The van der Waals surface area contributed by atoms with Gasteiger partial charge in [-0.3, -0.25) is 9.59 Å². The van der Waals surface area contributed by atoms with E-state index in [0.29, 0.717) is 17.8 Å². The second-order valence-electron chi connectivity index (χ2n) is 7.64. The van der Waals surface area contributed by atoms with Crippen molar-refractivity contribution < 1.29 is 9.59 Å². The van der Waals surface area contributed by atoms with Gasteiger partial charge in [-0.15, -0.1) is 0 Å². The molecule has 0 bridgehead atoms. The molecule has 5 heteroatoms. The van der Waals surface area contributed by atoms with Crippen molar-refractivity contribution in [2.75, 3.05) is 5.32 Å². The molecule has 1 aliphatic rings. The highest BCUT2D eigenvalue weighted by Gasteiger charge is 2.23. The van der Waals surface area contributed by atoms with Crippen molar-refractivity contribution in [2.24, 2.45) is 5.41 Å². The molecular weight excluding hydrogens is 326 g/mol. The molecule has 0 unspecified atom stereocenters. The first-order chi connectivity index (χ1) is 12.3. The van der Waals surface area contributed by atoms with E-state index in [4.69, 9.17) is 0 Å². The summed E-state index contributed by atoms with van der Waals surface area (Å²) in [6.07, 6.45) is 0. The normalized spacial score (nSPS) is 13.2. The van der Waals surface area contributed by atoms with Crippen LogP contribution in [0.4, 0.5) is 5.69 Å². The van der Waals surface area contributed by atoms with Gasteiger partial charge in [-0.05, 0) is 28.8 Å². The highest BCUT2D eigenvalue weighted by molar-refractivity contribution is 6.04. The molecule has 5 nitrogen and oxygen atoms in total. The molecule has 26 heavy (non-hydrogen) atoms. The number of carbonyl (C=O) groups is 2. The minimum Gasteiger partial charge on any atom is -0.348 e. The Morgan fingerprint density at radius 3 is 2.54 bits per heavy atom. The molecule has 3 N–H and O–H groups in total. The van der Waals surface area contributed by atoms with Crippen LogP contribution < -0.4 is 16.0 Å². The molecule has 0 saturated carbocycles. The van der Waals surface area contributed by atoms with Gasteiger partial charge in [-0.1, -0.05) is 51.1 Å². The molecule has 0 fully saturated rings. The lowest BCUT2D eigenvalue weighted by Crippen LogP contribution is -2.30. The summed E-state index contributed by atoms with van der Waals surface area (Å²) in [4.78, 5) is 24.9. The molecule has 1 aliphatic heterocycles. The number of nitrogens with one attached hydrogen (secondary N) is 3. The van der Waals surface area contributed by atoms with E-state index in [1.165, 1.54) is 11.1 Å². The standard InChI is InChI=1S/C21H25N3O2/c1-21(2,3)20(26)24-18-7-5-4-6-17(18)19(25)23-11-14-8-9-15-12-22-13-16(15)10-14/h4-10,22H,11-13H2,1-3H3,(H,23,25)(H,24,26). The molecule has 0 aromatic heterocycles. The number of amides is 2. The molecule has 1 heterocycles. The Kier molecular flexibility index (Phi) is 5.09. The zero-order valence-electron chi connectivity index (χ0n) is 15.5. The van der Waals surface area contributed by atoms with Crippen LogP contribution >= 0.6 is 0 Å². The fourth-order valence-electron chi connectivity index (χ4n) is 2.84. The van der Waals surface area contributed by atoms with Crippen molar-refractivity contribution >= 4 is 17.5 Å². The molecule has 0 atom stereocenters. The van der Waals surface area contributed by atoms with Crippen molar-refractivity contribution in [3.63, 3.8) is 0 Å². The Bertz CT molecular complexity index is 837. The van der Waals surface area contributed by atoms with Gasteiger partial charge in [-0.2, -0.15) is 0 Å². The van der Waals surface area contributed by atoms with Crippen LogP contribution in [0.5, 0.6) is 0 Å². The summed E-state index contributed by atoms with van der Waals surface area (Å²) in [6.45, 7) is 7.75. The molecule has 2 aromatic rings. The first kappa shape index (κ1) is 18.1. The molecule has 0 saturated heterocycles. The molecular formula is C21H25N3O2. The Balaban J connectivity index is 1.69. The van der Waals surface area contributed by atoms with Crippen LogP contribution in [0.2, 0.25) is 0 Å². The van der Waals surface area contributed by atoms with Crippen LogP contribution in [0.15, 0.2) is 42.5 Å². The average molecular weight is 351 g/mol. The van der Waals surface area contributed by atoms with Crippen molar-refractivity contribution in [3.05, 3.63) is 64.7 Å². The van der Waals surface area contributed by atoms with Gasteiger partial charge >= 0.3 is 0 Å². The number of anilines is 1. The van der Waals surface area contributed by atoms with Crippen LogP contribution in [-0.4, -0.2) is 11.8 Å². The Morgan fingerprint density at radius 1 is 1.04 bits per heavy atom. The summed E-state index contributed by atoms with van der Waals surface area (Å²) in [7, 11) is 0. The predicted octanol–water partition coefficient (Wildman–Crippen LogP) is 3.20. The summed E-state index contributed by atoms with van der Waals surface area (Å²) in [5, 5.41) is 9.12. The first-order valence-electron chi connectivity index (χ1n) is 8.84. The lowest BCUT2D eigenvalue weighted by atomic mass is 9.95. The maximum atomic E-state index is 12.6. The molecule has 2 aromatic carbocycles. The highest BCUT2D eigenvalue weighted by atomic mass is 16.2. The SMILES string of the molecule is CC(C)(C)C(=O)Nc1ccccc1C(=O)NCc1ccc2c(c1)CNC2. The van der Waals surface area contributed by atoms with Gasteiger partial charge in [0.2, 0.25) is 5.91 Å². The number of para-hydroxylation sites is 1. The summed E-state index contributed by atoms with van der Waals surface area (Å²) in [5.74, 6) is -0.322. The summed E-state index contributed by atoms with van der Waals surface area (Å²) in [6, 6.07) is 13.3. The van der Waals surface area contributed by atoms with Crippen LogP contribution in [0.1, 0.15) is 47.8 Å². The Morgan fingerprint density at radius 2 is 1.77 bits per heavy atom. The molecule has 2 amide bonds.